The summed E-state index contributed by atoms with van der Waals surface area (Å²) in [5.74, 6) is -0.175. The normalized spacial score (nSPS) is 11.2. The van der Waals surface area contributed by atoms with Crippen molar-refractivity contribution in [2.75, 3.05) is 13.2 Å². The van der Waals surface area contributed by atoms with Crippen molar-refractivity contribution in [1.82, 2.24) is 5.32 Å². The van der Waals surface area contributed by atoms with Gasteiger partial charge >= 0.3 is 0 Å². The van der Waals surface area contributed by atoms with Crippen LogP contribution in [0.1, 0.15) is 43.5 Å². The van der Waals surface area contributed by atoms with Crippen LogP contribution in [-0.4, -0.2) is 27.5 Å². The van der Waals surface area contributed by atoms with Crippen LogP contribution in [0.3, 0.4) is 0 Å². The molecule has 21 heavy (non-hydrogen) atoms. The third kappa shape index (κ3) is 5.55. The highest BCUT2D eigenvalue weighted by Crippen LogP contribution is 2.28. The molecule has 1 amide bonds. The summed E-state index contributed by atoms with van der Waals surface area (Å²) < 4.78 is 28.3. The molecule has 118 valence electrons. The molecule has 0 atom stereocenters. The quantitative estimate of drug-likeness (QED) is 0.586. The lowest BCUT2D eigenvalue weighted by molar-refractivity contribution is 0.0952. The number of nitrogens with one attached hydrogen (secondary N) is 1. The summed E-state index contributed by atoms with van der Waals surface area (Å²) in [5.41, 5.74) is 0.245. The maximum atomic E-state index is 12.0. The van der Waals surface area contributed by atoms with Gasteiger partial charge in [0.1, 0.15) is 10.6 Å². The van der Waals surface area contributed by atoms with Crippen LogP contribution < -0.4 is 10.1 Å². The molecule has 1 N–H and O–H groups in total. The second kappa shape index (κ2) is 8.24. The second-order valence-corrected chi connectivity index (χ2v) is 7.03. The van der Waals surface area contributed by atoms with Crippen LogP contribution in [-0.2, 0) is 9.05 Å². The fourth-order valence-corrected chi connectivity index (χ4v) is 2.79. The number of carbonyl (C=O) groups excluding carboxylic acids is 1. The minimum atomic E-state index is -3.97. The van der Waals surface area contributed by atoms with Gasteiger partial charge in [0, 0.05) is 22.8 Å². The first-order chi connectivity index (χ1) is 9.90. The van der Waals surface area contributed by atoms with E-state index in [2.05, 4.69) is 12.2 Å². The lowest BCUT2D eigenvalue weighted by Crippen LogP contribution is -2.24. The Hall–Kier alpha value is -1.27. The summed E-state index contributed by atoms with van der Waals surface area (Å²) in [6.45, 7) is 4.68. The van der Waals surface area contributed by atoms with E-state index in [1.165, 1.54) is 18.2 Å². The van der Waals surface area contributed by atoms with Gasteiger partial charge in [0.2, 0.25) is 0 Å². The molecule has 0 aliphatic heterocycles. The lowest BCUT2D eigenvalue weighted by Gasteiger charge is -2.10. The minimum absolute atomic E-state index is 0.148. The number of unbranched alkanes of at least 4 members (excludes halogenated alkanes) is 2. The van der Waals surface area contributed by atoms with Gasteiger partial charge in [0.15, 0.2) is 0 Å². The molecule has 7 heteroatoms. The Morgan fingerprint density at radius 2 is 2.00 bits per heavy atom. The number of amides is 1. The first kappa shape index (κ1) is 17.8. The van der Waals surface area contributed by atoms with Gasteiger partial charge in [0.05, 0.1) is 6.61 Å². The molecule has 0 saturated heterocycles. The first-order valence-corrected chi connectivity index (χ1v) is 9.20. The van der Waals surface area contributed by atoms with Crippen molar-refractivity contribution in [1.29, 1.82) is 0 Å². The first-order valence-electron chi connectivity index (χ1n) is 6.89. The Kier molecular flexibility index (Phi) is 6.98. The molecule has 0 aromatic heterocycles. The molecule has 1 aromatic carbocycles. The molecule has 0 aliphatic rings. The van der Waals surface area contributed by atoms with Crippen LogP contribution in [0.4, 0.5) is 0 Å². The van der Waals surface area contributed by atoms with Crippen molar-refractivity contribution in [3.05, 3.63) is 23.8 Å². The topological polar surface area (TPSA) is 72.5 Å². The monoisotopic (exact) mass is 333 g/mol. The highest BCUT2D eigenvalue weighted by molar-refractivity contribution is 8.13. The smallest absolute Gasteiger partial charge is 0.265 e. The van der Waals surface area contributed by atoms with Gasteiger partial charge in [-0.15, -0.1) is 0 Å². The van der Waals surface area contributed by atoms with Crippen molar-refractivity contribution in [2.24, 2.45) is 0 Å². The molecule has 0 radical (unpaired) electrons. The maximum absolute atomic E-state index is 12.0. The number of ether oxygens (including phenoxy) is 1. The van der Waals surface area contributed by atoms with Crippen LogP contribution in [0.15, 0.2) is 23.1 Å². The van der Waals surface area contributed by atoms with Crippen molar-refractivity contribution < 1.29 is 17.9 Å². The fourth-order valence-electron chi connectivity index (χ4n) is 1.79. The van der Waals surface area contributed by atoms with E-state index in [-0.39, 0.29) is 22.1 Å². The molecule has 0 aliphatic carbocycles. The van der Waals surface area contributed by atoms with E-state index in [0.29, 0.717) is 13.2 Å². The van der Waals surface area contributed by atoms with E-state index in [1.54, 1.807) is 6.92 Å². The third-order valence-electron chi connectivity index (χ3n) is 2.83. The van der Waals surface area contributed by atoms with Crippen molar-refractivity contribution in [3.8, 4) is 5.75 Å². The lowest BCUT2D eigenvalue weighted by atomic mass is 10.2. The van der Waals surface area contributed by atoms with Crippen LogP contribution in [0.2, 0.25) is 0 Å². The largest absolute Gasteiger partial charge is 0.492 e. The standard InChI is InChI=1S/C14H20ClNO4S/c1-3-5-6-9-16-14(17)11-7-8-12(20-4-2)13(10-11)21(15,18)19/h7-8,10H,3-6,9H2,1-2H3,(H,16,17). The Morgan fingerprint density at radius 1 is 1.29 bits per heavy atom. The summed E-state index contributed by atoms with van der Waals surface area (Å²) in [6.07, 6.45) is 2.98. The number of carbonyl (C=O) groups is 1. The van der Waals surface area contributed by atoms with E-state index in [4.69, 9.17) is 15.4 Å². The minimum Gasteiger partial charge on any atom is -0.492 e. The van der Waals surface area contributed by atoms with Crippen molar-refractivity contribution >= 4 is 25.6 Å². The summed E-state index contributed by atoms with van der Waals surface area (Å²) in [4.78, 5) is 11.8. The van der Waals surface area contributed by atoms with E-state index in [1.807, 2.05) is 0 Å². The van der Waals surface area contributed by atoms with Gasteiger partial charge in [0.25, 0.3) is 15.0 Å². The molecule has 0 bridgehead atoms. The van der Waals surface area contributed by atoms with Gasteiger partial charge in [-0.3, -0.25) is 4.79 Å². The van der Waals surface area contributed by atoms with Crippen LogP contribution >= 0.6 is 10.7 Å². The highest BCUT2D eigenvalue weighted by Gasteiger charge is 2.19. The van der Waals surface area contributed by atoms with Gasteiger partial charge in [-0.2, -0.15) is 0 Å². The molecule has 1 rings (SSSR count). The molecule has 5 nitrogen and oxygen atoms in total. The third-order valence-corrected chi connectivity index (χ3v) is 4.18. The van der Waals surface area contributed by atoms with E-state index < -0.39 is 9.05 Å². The van der Waals surface area contributed by atoms with Gasteiger partial charge < -0.3 is 10.1 Å². The van der Waals surface area contributed by atoms with E-state index in [9.17, 15) is 13.2 Å². The Bertz CT molecular complexity index is 587. The molecule has 0 unspecified atom stereocenters. The maximum Gasteiger partial charge on any atom is 0.265 e. The SMILES string of the molecule is CCCCCNC(=O)c1ccc(OCC)c(S(=O)(=O)Cl)c1. The molecule has 0 fully saturated rings. The van der Waals surface area contributed by atoms with Crippen molar-refractivity contribution in [3.63, 3.8) is 0 Å². The van der Waals surface area contributed by atoms with Crippen LogP contribution in [0.5, 0.6) is 5.75 Å². The molecule has 1 aromatic rings. The van der Waals surface area contributed by atoms with E-state index >= 15 is 0 Å². The molecular weight excluding hydrogens is 314 g/mol. The Labute approximate surface area is 130 Å². The van der Waals surface area contributed by atoms with Crippen LogP contribution in [0.25, 0.3) is 0 Å². The van der Waals surface area contributed by atoms with Crippen molar-refractivity contribution in [2.45, 2.75) is 38.0 Å². The van der Waals surface area contributed by atoms with Gasteiger partial charge in [-0.25, -0.2) is 8.42 Å². The zero-order valence-corrected chi connectivity index (χ0v) is 13.8. The number of halogens is 1. The predicted octanol–water partition coefficient (Wildman–Crippen LogP) is 2.93. The Balaban J connectivity index is 2.92. The Morgan fingerprint density at radius 3 is 2.57 bits per heavy atom. The zero-order valence-electron chi connectivity index (χ0n) is 12.2. The molecular formula is C14H20ClNO4S. The summed E-state index contributed by atoms with van der Waals surface area (Å²) in [6, 6.07) is 4.20. The summed E-state index contributed by atoms with van der Waals surface area (Å²) in [5, 5.41) is 2.75. The summed E-state index contributed by atoms with van der Waals surface area (Å²) in [7, 11) is 1.41. The van der Waals surface area contributed by atoms with Gasteiger partial charge in [-0.1, -0.05) is 19.8 Å². The zero-order chi connectivity index (χ0) is 15.9. The predicted molar refractivity (Wildman–Crippen MR) is 82.5 cm³/mol. The molecule has 0 saturated carbocycles. The summed E-state index contributed by atoms with van der Waals surface area (Å²) >= 11 is 0. The van der Waals surface area contributed by atoms with Crippen LogP contribution in [0, 0.1) is 0 Å². The number of hydrogen-bond donors (Lipinski definition) is 1. The number of rotatable bonds is 8. The average molecular weight is 334 g/mol. The molecule has 0 spiro atoms. The molecule has 0 heterocycles. The van der Waals surface area contributed by atoms with Gasteiger partial charge in [-0.05, 0) is 31.5 Å². The fraction of sp³-hybridized carbons (Fsp3) is 0.500. The second-order valence-electron chi connectivity index (χ2n) is 4.50. The number of hydrogen-bond acceptors (Lipinski definition) is 4. The average Bonchev–Trinajstić information content (AvgIpc) is 2.43. The van der Waals surface area contributed by atoms with E-state index in [0.717, 1.165) is 19.3 Å². The number of benzene rings is 1. The highest BCUT2D eigenvalue weighted by atomic mass is 35.7.